The van der Waals surface area contributed by atoms with Gasteiger partial charge in [0, 0.05) is 13.3 Å². The molecule has 4 nitrogen and oxygen atoms in total. The average Bonchev–Trinajstić information content (AvgIpc) is 2.66. The molecule has 0 atom stereocenters. The molecule has 2 N–H and O–H groups in total. The summed E-state index contributed by atoms with van der Waals surface area (Å²) in [5.41, 5.74) is 9.09. The summed E-state index contributed by atoms with van der Waals surface area (Å²) in [6.07, 6.45) is 2.81. The van der Waals surface area contributed by atoms with Gasteiger partial charge in [-0.15, -0.1) is 0 Å². The lowest BCUT2D eigenvalue weighted by Crippen LogP contribution is -2.05. The molecule has 0 fully saturated rings. The molecular weight excluding hydrogens is 214 g/mol. The Balaban J connectivity index is 2.40. The Labute approximate surface area is 101 Å². The maximum absolute atomic E-state index is 5.89. The predicted molar refractivity (Wildman–Crippen MR) is 68.3 cm³/mol. The van der Waals surface area contributed by atoms with Crippen LogP contribution >= 0.6 is 0 Å². The summed E-state index contributed by atoms with van der Waals surface area (Å²) in [7, 11) is 1.71. The number of aryl methyl sites for hydroxylation is 1. The number of rotatable bonds is 4. The summed E-state index contributed by atoms with van der Waals surface area (Å²) >= 11 is 0. The van der Waals surface area contributed by atoms with E-state index in [-0.39, 0.29) is 0 Å². The zero-order valence-electron chi connectivity index (χ0n) is 10.2. The van der Waals surface area contributed by atoms with E-state index in [1.807, 2.05) is 35.9 Å². The highest BCUT2D eigenvalue weighted by Gasteiger charge is 2.08. The van der Waals surface area contributed by atoms with Crippen molar-refractivity contribution in [2.45, 2.75) is 13.3 Å². The van der Waals surface area contributed by atoms with Crippen LogP contribution in [0.15, 0.2) is 30.5 Å². The van der Waals surface area contributed by atoms with Crippen LogP contribution in [0, 0.1) is 6.92 Å². The number of ether oxygens (including phenoxy) is 1. The van der Waals surface area contributed by atoms with Crippen molar-refractivity contribution < 1.29 is 4.74 Å². The standard InChI is InChI=1S/C13H17N3O/c1-10-9-16(13(14)15-10)12-6-4-3-5-11(12)7-8-17-2/h3-6,9H,7-8H2,1-2H3,(H2,14,15). The fourth-order valence-corrected chi connectivity index (χ4v) is 1.88. The molecule has 0 radical (unpaired) electrons. The van der Waals surface area contributed by atoms with Crippen LogP contribution in [-0.2, 0) is 11.2 Å². The number of hydrogen-bond donors (Lipinski definition) is 1. The minimum absolute atomic E-state index is 0.521. The molecular formula is C13H17N3O. The number of nitrogens with two attached hydrogens (primary N) is 1. The van der Waals surface area contributed by atoms with E-state index in [9.17, 15) is 0 Å². The van der Waals surface area contributed by atoms with E-state index in [0.29, 0.717) is 12.6 Å². The molecule has 0 aliphatic heterocycles. The minimum atomic E-state index is 0.521. The van der Waals surface area contributed by atoms with Gasteiger partial charge in [0.25, 0.3) is 0 Å². The number of nitrogen functional groups attached to an aromatic ring is 1. The maximum Gasteiger partial charge on any atom is 0.205 e. The van der Waals surface area contributed by atoms with Gasteiger partial charge in [0.15, 0.2) is 0 Å². The monoisotopic (exact) mass is 231 g/mol. The fraction of sp³-hybridized carbons (Fsp3) is 0.308. The number of anilines is 1. The molecule has 0 spiro atoms. The third-order valence-electron chi connectivity index (χ3n) is 2.68. The van der Waals surface area contributed by atoms with Crippen LogP contribution in [0.5, 0.6) is 0 Å². The van der Waals surface area contributed by atoms with Crippen molar-refractivity contribution in [3.05, 3.63) is 41.7 Å². The van der Waals surface area contributed by atoms with Gasteiger partial charge in [0.2, 0.25) is 5.95 Å². The molecule has 1 aromatic carbocycles. The van der Waals surface area contributed by atoms with Crippen molar-refractivity contribution in [1.29, 1.82) is 0 Å². The summed E-state index contributed by atoms with van der Waals surface area (Å²) in [4.78, 5) is 4.22. The average molecular weight is 231 g/mol. The predicted octanol–water partition coefficient (Wildman–Crippen LogP) is 1.95. The van der Waals surface area contributed by atoms with E-state index in [1.54, 1.807) is 7.11 Å². The smallest absolute Gasteiger partial charge is 0.205 e. The molecule has 4 heteroatoms. The van der Waals surface area contributed by atoms with Crippen LogP contribution in [0.4, 0.5) is 5.95 Å². The van der Waals surface area contributed by atoms with E-state index in [0.717, 1.165) is 17.8 Å². The van der Waals surface area contributed by atoms with Gasteiger partial charge in [-0.05, 0) is 25.0 Å². The Bertz CT molecular complexity index is 505. The van der Waals surface area contributed by atoms with Crippen molar-refractivity contribution in [3.8, 4) is 5.69 Å². The first-order valence-corrected chi connectivity index (χ1v) is 5.61. The van der Waals surface area contributed by atoms with E-state index in [1.165, 1.54) is 5.56 Å². The maximum atomic E-state index is 5.89. The number of methoxy groups -OCH3 is 1. The van der Waals surface area contributed by atoms with Gasteiger partial charge >= 0.3 is 0 Å². The SMILES string of the molecule is COCCc1ccccc1-n1cc(C)nc1N. The third-order valence-corrected chi connectivity index (χ3v) is 2.68. The van der Waals surface area contributed by atoms with Crippen LogP contribution in [-0.4, -0.2) is 23.3 Å². The zero-order valence-corrected chi connectivity index (χ0v) is 10.2. The number of para-hydroxylation sites is 1. The molecule has 0 bridgehead atoms. The van der Waals surface area contributed by atoms with E-state index < -0.39 is 0 Å². The van der Waals surface area contributed by atoms with Crippen molar-refractivity contribution in [2.24, 2.45) is 0 Å². The lowest BCUT2D eigenvalue weighted by molar-refractivity contribution is 0.202. The second-order valence-corrected chi connectivity index (χ2v) is 3.98. The summed E-state index contributed by atoms with van der Waals surface area (Å²) in [6.45, 7) is 2.63. The quantitative estimate of drug-likeness (QED) is 0.875. The molecule has 0 aliphatic carbocycles. The topological polar surface area (TPSA) is 53.1 Å². The van der Waals surface area contributed by atoms with Crippen molar-refractivity contribution in [1.82, 2.24) is 9.55 Å². The molecule has 0 unspecified atom stereocenters. The van der Waals surface area contributed by atoms with Crippen LogP contribution in [0.1, 0.15) is 11.3 Å². The van der Waals surface area contributed by atoms with E-state index in [4.69, 9.17) is 10.5 Å². The molecule has 1 aromatic heterocycles. The van der Waals surface area contributed by atoms with Crippen molar-refractivity contribution in [3.63, 3.8) is 0 Å². The first-order chi connectivity index (χ1) is 8.22. The lowest BCUT2D eigenvalue weighted by atomic mass is 10.1. The van der Waals surface area contributed by atoms with Crippen molar-refractivity contribution >= 4 is 5.95 Å². The number of benzene rings is 1. The highest BCUT2D eigenvalue weighted by molar-refractivity contribution is 5.46. The highest BCUT2D eigenvalue weighted by Crippen LogP contribution is 2.19. The van der Waals surface area contributed by atoms with Gasteiger partial charge in [-0.1, -0.05) is 18.2 Å². The molecule has 0 saturated carbocycles. The first-order valence-electron chi connectivity index (χ1n) is 5.61. The largest absolute Gasteiger partial charge is 0.384 e. The Morgan fingerprint density at radius 2 is 2.12 bits per heavy atom. The Hall–Kier alpha value is -1.81. The number of hydrogen-bond acceptors (Lipinski definition) is 3. The Kier molecular flexibility index (Phi) is 3.44. The van der Waals surface area contributed by atoms with E-state index in [2.05, 4.69) is 11.1 Å². The summed E-state index contributed by atoms with van der Waals surface area (Å²) in [5.74, 6) is 0.521. The van der Waals surface area contributed by atoms with E-state index >= 15 is 0 Å². The lowest BCUT2D eigenvalue weighted by Gasteiger charge is -2.10. The molecule has 1 heterocycles. The van der Waals surface area contributed by atoms with Gasteiger partial charge in [0.1, 0.15) is 0 Å². The summed E-state index contributed by atoms with van der Waals surface area (Å²) in [6, 6.07) is 8.15. The number of imidazole rings is 1. The molecule has 2 aromatic rings. The summed E-state index contributed by atoms with van der Waals surface area (Å²) < 4.78 is 7.03. The molecule has 0 amide bonds. The molecule has 17 heavy (non-hydrogen) atoms. The molecule has 0 aliphatic rings. The first kappa shape index (κ1) is 11.7. The normalized spacial score (nSPS) is 10.7. The van der Waals surface area contributed by atoms with Crippen LogP contribution < -0.4 is 5.73 Å². The molecule has 90 valence electrons. The molecule has 0 saturated heterocycles. The highest BCUT2D eigenvalue weighted by atomic mass is 16.5. The molecule has 2 rings (SSSR count). The number of aromatic nitrogens is 2. The third kappa shape index (κ3) is 2.47. The second kappa shape index (κ2) is 5.01. The van der Waals surface area contributed by atoms with Crippen molar-refractivity contribution in [2.75, 3.05) is 19.5 Å². The van der Waals surface area contributed by atoms with Gasteiger partial charge in [-0.3, -0.25) is 4.57 Å². The number of nitrogens with zero attached hydrogens (tertiary/aromatic N) is 2. The summed E-state index contributed by atoms with van der Waals surface area (Å²) in [5, 5.41) is 0. The zero-order chi connectivity index (χ0) is 12.3. The van der Waals surface area contributed by atoms with Crippen LogP contribution in [0.2, 0.25) is 0 Å². The van der Waals surface area contributed by atoms with Crippen LogP contribution in [0.25, 0.3) is 5.69 Å². The van der Waals surface area contributed by atoms with Gasteiger partial charge < -0.3 is 10.5 Å². The van der Waals surface area contributed by atoms with Gasteiger partial charge in [-0.25, -0.2) is 4.98 Å². The van der Waals surface area contributed by atoms with Gasteiger partial charge in [0.05, 0.1) is 18.0 Å². The minimum Gasteiger partial charge on any atom is -0.384 e. The fourth-order valence-electron chi connectivity index (χ4n) is 1.88. The second-order valence-electron chi connectivity index (χ2n) is 3.98. The Morgan fingerprint density at radius 3 is 2.76 bits per heavy atom. The van der Waals surface area contributed by atoms with Crippen LogP contribution in [0.3, 0.4) is 0 Å². The Morgan fingerprint density at radius 1 is 1.35 bits per heavy atom. The van der Waals surface area contributed by atoms with Gasteiger partial charge in [-0.2, -0.15) is 0 Å².